The molecule has 3 nitrogen and oxygen atoms in total. The van der Waals surface area contributed by atoms with Crippen LogP contribution in [0.1, 0.15) is 11.5 Å². The molecule has 1 fully saturated rings. The second-order valence-electron chi connectivity index (χ2n) is 3.90. The maximum absolute atomic E-state index is 13.0. The Balaban J connectivity index is 2.33. The first-order valence-corrected chi connectivity index (χ1v) is 6.51. The van der Waals surface area contributed by atoms with Crippen LogP contribution in [0.15, 0.2) is 24.3 Å². The molecule has 0 bridgehead atoms. The van der Waals surface area contributed by atoms with Gasteiger partial charge in [0.15, 0.2) is 9.84 Å². The standard InChI is InChI=1S/C10H12FNO2S/c11-8-3-1-2-7(4-8)9-5-15(13,14)6-10(9)12/h1-4,9-10H,5-6,12H2. The average molecular weight is 229 g/mol. The number of hydrogen-bond acceptors (Lipinski definition) is 3. The van der Waals surface area contributed by atoms with Gasteiger partial charge in [0.05, 0.1) is 11.5 Å². The normalized spacial score (nSPS) is 29.2. The number of rotatable bonds is 1. The van der Waals surface area contributed by atoms with E-state index in [2.05, 4.69) is 0 Å². The van der Waals surface area contributed by atoms with Crippen molar-refractivity contribution >= 4 is 9.84 Å². The first kappa shape index (κ1) is 10.6. The second-order valence-corrected chi connectivity index (χ2v) is 6.06. The molecule has 0 amide bonds. The molecule has 1 saturated heterocycles. The molecule has 2 rings (SSSR count). The molecule has 0 aromatic heterocycles. The first-order valence-electron chi connectivity index (χ1n) is 4.69. The van der Waals surface area contributed by atoms with Gasteiger partial charge in [0.2, 0.25) is 0 Å². The summed E-state index contributed by atoms with van der Waals surface area (Å²) < 4.78 is 35.6. The lowest BCUT2D eigenvalue weighted by Crippen LogP contribution is -2.27. The van der Waals surface area contributed by atoms with Crippen molar-refractivity contribution in [3.63, 3.8) is 0 Å². The highest BCUT2D eigenvalue weighted by Crippen LogP contribution is 2.28. The van der Waals surface area contributed by atoms with Crippen LogP contribution in [0.2, 0.25) is 0 Å². The Kier molecular flexibility index (Phi) is 2.52. The summed E-state index contributed by atoms with van der Waals surface area (Å²) in [6.07, 6.45) is 0. The molecule has 5 heteroatoms. The molecule has 15 heavy (non-hydrogen) atoms. The minimum absolute atomic E-state index is 0.00577. The molecule has 1 aromatic rings. The molecular formula is C10H12FNO2S. The number of benzene rings is 1. The third kappa shape index (κ3) is 2.18. The van der Waals surface area contributed by atoms with Crippen LogP contribution in [0.3, 0.4) is 0 Å². The van der Waals surface area contributed by atoms with Crippen LogP contribution in [-0.2, 0) is 9.84 Å². The SMILES string of the molecule is NC1CS(=O)(=O)CC1c1cccc(F)c1. The quantitative estimate of drug-likeness (QED) is 0.769. The van der Waals surface area contributed by atoms with Crippen molar-refractivity contribution in [2.24, 2.45) is 5.73 Å². The van der Waals surface area contributed by atoms with Crippen molar-refractivity contribution in [2.45, 2.75) is 12.0 Å². The summed E-state index contributed by atoms with van der Waals surface area (Å²) in [6, 6.07) is 5.55. The van der Waals surface area contributed by atoms with Gasteiger partial charge in [-0.25, -0.2) is 12.8 Å². The van der Waals surface area contributed by atoms with Crippen molar-refractivity contribution in [3.05, 3.63) is 35.6 Å². The van der Waals surface area contributed by atoms with Crippen molar-refractivity contribution < 1.29 is 12.8 Å². The molecule has 1 aromatic carbocycles. The maximum Gasteiger partial charge on any atom is 0.152 e. The Morgan fingerprint density at radius 1 is 1.33 bits per heavy atom. The van der Waals surface area contributed by atoms with E-state index in [1.54, 1.807) is 12.1 Å². The molecule has 82 valence electrons. The van der Waals surface area contributed by atoms with E-state index in [1.807, 2.05) is 0 Å². The molecule has 1 aliphatic rings. The van der Waals surface area contributed by atoms with Crippen LogP contribution in [0.4, 0.5) is 4.39 Å². The lowest BCUT2D eigenvalue weighted by molar-refractivity contribution is 0.601. The van der Waals surface area contributed by atoms with Gasteiger partial charge < -0.3 is 5.73 Å². The smallest absolute Gasteiger partial charge is 0.152 e. The lowest BCUT2D eigenvalue weighted by atomic mass is 9.95. The molecule has 1 heterocycles. The van der Waals surface area contributed by atoms with E-state index in [9.17, 15) is 12.8 Å². The van der Waals surface area contributed by atoms with E-state index < -0.39 is 15.9 Å². The molecule has 1 aliphatic heterocycles. The summed E-state index contributed by atoms with van der Waals surface area (Å²) in [5, 5.41) is 0. The summed E-state index contributed by atoms with van der Waals surface area (Å²) in [6.45, 7) is 0. The summed E-state index contributed by atoms with van der Waals surface area (Å²) in [7, 11) is -3.05. The van der Waals surface area contributed by atoms with E-state index >= 15 is 0 Å². The van der Waals surface area contributed by atoms with Gasteiger partial charge in [-0.05, 0) is 17.7 Å². The highest BCUT2D eigenvalue weighted by atomic mass is 32.2. The topological polar surface area (TPSA) is 60.2 Å². The van der Waals surface area contributed by atoms with E-state index in [1.165, 1.54) is 12.1 Å². The van der Waals surface area contributed by atoms with Crippen molar-refractivity contribution in [2.75, 3.05) is 11.5 Å². The zero-order valence-electron chi connectivity index (χ0n) is 8.06. The van der Waals surface area contributed by atoms with E-state index in [4.69, 9.17) is 5.73 Å². The third-order valence-electron chi connectivity index (χ3n) is 2.67. The summed E-state index contributed by atoms with van der Waals surface area (Å²) in [4.78, 5) is 0. The van der Waals surface area contributed by atoms with E-state index in [0.717, 1.165) is 0 Å². The number of nitrogens with two attached hydrogens (primary N) is 1. The molecule has 0 saturated carbocycles. The molecule has 2 N–H and O–H groups in total. The minimum Gasteiger partial charge on any atom is -0.326 e. The van der Waals surface area contributed by atoms with Crippen molar-refractivity contribution in [3.8, 4) is 0 Å². The third-order valence-corrected chi connectivity index (χ3v) is 4.43. The highest BCUT2D eigenvalue weighted by molar-refractivity contribution is 7.91. The van der Waals surface area contributed by atoms with E-state index in [-0.39, 0.29) is 23.2 Å². The minimum atomic E-state index is -3.05. The maximum atomic E-state index is 13.0. The fourth-order valence-corrected chi connectivity index (χ4v) is 3.90. The Bertz CT molecular complexity index is 472. The van der Waals surface area contributed by atoms with Crippen LogP contribution < -0.4 is 5.73 Å². The highest BCUT2D eigenvalue weighted by Gasteiger charge is 2.36. The van der Waals surface area contributed by atoms with Gasteiger partial charge in [-0.3, -0.25) is 0 Å². The Morgan fingerprint density at radius 3 is 2.60 bits per heavy atom. The van der Waals surface area contributed by atoms with Gasteiger partial charge in [-0.15, -0.1) is 0 Å². The summed E-state index contributed by atoms with van der Waals surface area (Å²) in [5.74, 6) is -0.610. The predicted molar refractivity (Wildman–Crippen MR) is 55.8 cm³/mol. The van der Waals surface area contributed by atoms with Gasteiger partial charge in [-0.1, -0.05) is 12.1 Å². The molecule has 0 spiro atoms. The Labute approximate surface area is 88.0 Å². The summed E-state index contributed by atoms with van der Waals surface area (Å²) >= 11 is 0. The van der Waals surface area contributed by atoms with Gasteiger partial charge in [0.25, 0.3) is 0 Å². The van der Waals surface area contributed by atoms with Gasteiger partial charge >= 0.3 is 0 Å². The second kappa shape index (κ2) is 3.57. The largest absolute Gasteiger partial charge is 0.326 e. The lowest BCUT2D eigenvalue weighted by Gasteiger charge is -2.13. The molecule has 2 unspecified atom stereocenters. The van der Waals surface area contributed by atoms with Gasteiger partial charge in [0, 0.05) is 12.0 Å². The zero-order valence-corrected chi connectivity index (χ0v) is 8.87. The molecule has 0 radical (unpaired) electrons. The van der Waals surface area contributed by atoms with Crippen molar-refractivity contribution in [1.29, 1.82) is 0 Å². The zero-order chi connectivity index (χ0) is 11.1. The van der Waals surface area contributed by atoms with Gasteiger partial charge in [0.1, 0.15) is 5.82 Å². The fourth-order valence-electron chi connectivity index (χ4n) is 1.96. The monoisotopic (exact) mass is 229 g/mol. The molecule has 0 aliphatic carbocycles. The van der Waals surface area contributed by atoms with Crippen LogP contribution >= 0.6 is 0 Å². The molecular weight excluding hydrogens is 217 g/mol. The fraction of sp³-hybridized carbons (Fsp3) is 0.400. The number of hydrogen-bond donors (Lipinski definition) is 1. The molecule has 2 atom stereocenters. The number of sulfone groups is 1. The van der Waals surface area contributed by atoms with Crippen LogP contribution in [0.5, 0.6) is 0 Å². The summed E-state index contributed by atoms with van der Waals surface area (Å²) in [5.41, 5.74) is 6.41. The Morgan fingerprint density at radius 2 is 2.07 bits per heavy atom. The average Bonchev–Trinajstić information content (AvgIpc) is 2.40. The predicted octanol–water partition coefficient (Wildman–Crippen LogP) is 0.665. The Hall–Kier alpha value is -0.940. The van der Waals surface area contributed by atoms with E-state index in [0.29, 0.717) is 5.56 Å². The number of halogens is 1. The van der Waals surface area contributed by atoms with Gasteiger partial charge in [-0.2, -0.15) is 0 Å². The van der Waals surface area contributed by atoms with Crippen LogP contribution in [-0.4, -0.2) is 26.0 Å². The van der Waals surface area contributed by atoms with Crippen LogP contribution in [0.25, 0.3) is 0 Å². The van der Waals surface area contributed by atoms with Crippen LogP contribution in [0, 0.1) is 5.82 Å². The first-order chi connectivity index (χ1) is 6.98. The van der Waals surface area contributed by atoms with Crippen molar-refractivity contribution in [1.82, 2.24) is 0 Å².